The Morgan fingerprint density at radius 1 is 1.29 bits per heavy atom. The zero-order valence-corrected chi connectivity index (χ0v) is 10.6. The SMILES string of the molecule is COc1cc(CNC(C)C)ccc1OCCF. The van der Waals surface area contributed by atoms with Gasteiger partial charge in [-0.3, -0.25) is 0 Å². The van der Waals surface area contributed by atoms with Crippen LogP contribution in [0.2, 0.25) is 0 Å². The summed E-state index contributed by atoms with van der Waals surface area (Å²) in [5.74, 6) is 1.22. The number of benzene rings is 1. The number of hydrogen-bond donors (Lipinski definition) is 1. The molecule has 1 aromatic rings. The molecule has 0 aromatic heterocycles. The van der Waals surface area contributed by atoms with Gasteiger partial charge in [0.1, 0.15) is 13.3 Å². The van der Waals surface area contributed by atoms with Gasteiger partial charge in [0.25, 0.3) is 0 Å². The Balaban J connectivity index is 2.70. The summed E-state index contributed by atoms with van der Waals surface area (Å²) in [6.07, 6.45) is 0. The Bertz CT molecular complexity index is 342. The van der Waals surface area contributed by atoms with Crippen molar-refractivity contribution in [3.63, 3.8) is 0 Å². The summed E-state index contributed by atoms with van der Waals surface area (Å²) in [5, 5.41) is 3.32. The Hall–Kier alpha value is -1.29. The molecule has 0 aliphatic rings. The maximum Gasteiger partial charge on any atom is 0.161 e. The van der Waals surface area contributed by atoms with E-state index in [0.29, 0.717) is 17.5 Å². The molecule has 1 N–H and O–H groups in total. The number of ether oxygens (including phenoxy) is 2. The van der Waals surface area contributed by atoms with Gasteiger partial charge in [-0.15, -0.1) is 0 Å². The largest absolute Gasteiger partial charge is 0.493 e. The minimum atomic E-state index is -0.500. The molecule has 0 aliphatic carbocycles. The molecule has 0 spiro atoms. The lowest BCUT2D eigenvalue weighted by Crippen LogP contribution is -2.21. The van der Waals surface area contributed by atoms with E-state index in [9.17, 15) is 4.39 Å². The van der Waals surface area contributed by atoms with E-state index in [1.165, 1.54) is 0 Å². The van der Waals surface area contributed by atoms with Gasteiger partial charge in [0.05, 0.1) is 7.11 Å². The quantitative estimate of drug-likeness (QED) is 0.795. The van der Waals surface area contributed by atoms with Gasteiger partial charge in [-0.05, 0) is 17.7 Å². The van der Waals surface area contributed by atoms with Crippen molar-refractivity contribution in [1.82, 2.24) is 5.32 Å². The molecule has 0 unspecified atom stereocenters. The summed E-state index contributed by atoms with van der Waals surface area (Å²) in [6.45, 7) is 4.52. The van der Waals surface area contributed by atoms with E-state index >= 15 is 0 Å². The minimum Gasteiger partial charge on any atom is -0.493 e. The van der Waals surface area contributed by atoms with Crippen LogP contribution in [0, 0.1) is 0 Å². The van der Waals surface area contributed by atoms with Gasteiger partial charge in [0, 0.05) is 12.6 Å². The van der Waals surface area contributed by atoms with Gasteiger partial charge in [-0.25, -0.2) is 4.39 Å². The second-order valence-electron chi connectivity index (χ2n) is 4.06. The van der Waals surface area contributed by atoms with Crippen LogP contribution in [-0.4, -0.2) is 26.4 Å². The van der Waals surface area contributed by atoms with E-state index in [2.05, 4.69) is 19.2 Å². The fraction of sp³-hybridized carbons (Fsp3) is 0.538. The molecule has 1 rings (SSSR count). The van der Waals surface area contributed by atoms with Crippen LogP contribution < -0.4 is 14.8 Å². The highest BCUT2D eigenvalue weighted by Crippen LogP contribution is 2.28. The highest BCUT2D eigenvalue weighted by Gasteiger charge is 2.06. The van der Waals surface area contributed by atoms with Crippen LogP contribution in [0.5, 0.6) is 11.5 Å². The van der Waals surface area contributed by atoms with E-state index in [1.54, 1.807) is 7.11 Å². The number of alkyl halides is 1. The van der Waals surface area contributed by atoms with Crippen molar-refractivity contribution in [3.8, 4) is 11.5 Å². The van der Waals surface area contributed by atoms with Crippen molar-refractivity contribution in [2.24, 2.45) is 0 Å². The first-order valence-corrected chi connectivity index (χ1v) is 5.76. The summed E-state index contributed by atoms with van der Waals surface area (Å²) in [7, 11) is 1.58. The average Bonchev–Trinajstić information content (AvgIpc) is 2.34. The zero-order valence-electron chi connectivity index (χ0n) is 10.6. The van der Waals surface area contributed by atoms with Crippen molar-refractivity contribution < 1.29 is 13.9 Å². The standard InChI is InChI=1S/C13H20FNO2/c1-10(2)15-9-11-4-5-12(17-7-6-14)13(8-11)16-3/h4-5,8,10,15H,6-7,9H2,1-3H3. The monoisotopic (exact) mass is 241 g/mol. The molecule has 0 aliphatic heterocycles. The molecule has 0 radical (unpaired) electrons. The molecule has 0 atom stereocenters. The number of hydrogen-bond acceptors (Lipinski definition) is 3. The Morgan fingerprint density at radius 2 is 2.06 bits per heavy atom. The van der Waals surface area contributed by atoms with Gasteiger partial charge in [0.2, 0.25) is 0 Å². The third-order valence-electron chi connectivity index (χ3n) is 2.28. The Labute approximate surface area is 102 Å². The first-order valence-electron chi connectivity index (χ1n) is 5.76. The predicted octanol–water partition coefficient (Wildman–Crippen LogP) is 2.54. The summed E-state index contributed by atoms with van der Waals surface area (Å²) in [5.41, 5.74) is 1.11. The number of halogens is 1. The molecule has 1 aromatic carbocycles. The van der Waals surface area contributed by atoms with Crippen molar-refractivity contribution in [2.45, 2.75) is 26.4 Å². The van der Waals surface area contributed by atoms with Crippen LogP contribution >= 0.6 is 0 Å². The van der Waals surface area contributed by atoms with Crippen LogP contribution in [-0.2, 0) is 6.54 Å². The molecule has 96 valence electrons. The average molecular weight is 241 g/mol. The van der Waals surface area contributed by atoms with E-state index in [4.69, 9.17) is 9.47 Å². The normalized spacial score (nSPS) is 10.6. The number of nitrogens with one attached hydrogen (secondary N) is 1. The fourth-order valence-electron chi connectivity index (χ4n) is 1.41. The van der Waals surface area contributed by atoms with E-state index in [1.807, 2.05) is 18.2 Å². The van der Waals surface area contributed by atoms with Crippen LogP contribution in [0.25, 0.3) is 0 Å². The summed E-state index contributed by atoms with van der Waals surface area (Å²) in [6, 6.07) is 6.10. The second-order valence-corrected chi connectivity index (χ2v) is 4.06. The van der Waals surface area contributed by atoms with Crippen LogP contribution in [0.4, 0.5) is 4.39 Å². The van der Waals surface area contributed by atoms with E-state index in [0.717, 1.165) is 12.1 Å². The van der Waals surface area contributed by atoms with Crippen molar-refractivity contribution >= 4 is 0 Å². The molecule has 3 nitrogen and oxygen atoms in total. The lowest BCUT2D eigenvalue weighted by molar-refractivity contribution is 0.260. The second kappa shape index (κ2) is 7.12. The van der Waals surface area contributed by atoms with Crippen molar-refractivity contribution in [3.05, 3.63) is 23.8 Å². The smallest absolute Gasteiger partial charge is 0.161 e. The maximum atomic E-state index is 12.0. The minimum absolute atomic E-state index is 0.0555. The van der Waals surface area contributed by atoms with Gasteiger partial charge in [-0.2, -0.15) is 0 Å². The Morgan fingerprint density at radius 3 is 2.65 bits per heavy atom. The molecule has 4 heteroatoms. The molecular weight excluding hydrogens is 221 g/mol. The molecule has 0 saturated heterocycles. The van der Waals surface area contributed by atoms with Gasteiger partial charge in [-0.1, -0.05) is 19.9 Å². The lowest BCUT2D eigenvalue weighted by atomic mass is 10.2. The Kier molecular flexibility index (Phi) is 5.77. The summed E-state index contributed by atoms with van der Waals surface area (Å²) >= 11 is 0. The van der Waals surface area contributed by atoms with Gasteiger partial charge >= 0.3 is 0 Å². The fourth-order valence-corrected chi connectivity index (χ4v) is 1.41. The van der Waals surface area contributed by atoms with Crippen LogP contribution in [0.3, 0.4) is 0 Å². The molecule has 0 heterocycles. The summed E-state index contributed by atoms with van der Waals surface area (Å²) < 4.78 is 22.5. The van der Waals surface area contributed by atoms with E-state index < -0.39 is 6.67 Å². The maximum absolute atomic E-state index is 12.0. The summed E-state index contributed by atoms with van der Waals surface area (Å²) in [4.78, 5) is 0. The molecule has 0 amide bonds. The lowest BCUT2D eigenvalue weighted by Gasteiger charge is -2.12. The van der Waals surface area contributed by atoms with Gasteiger partial charge < -0.3 is 14.8 Å². The van der Waals surface area contributed by atoms with Crippen molar-refractivity contribution in [1.29, 1.82) is 0 Å². The van der Waals surface area contributed by atoms with Crippen LogP contribution in [0.1, 0.15) is 19.4 Å². The number of methoxy groups -OCH3 is 1. The third-order valence-corrected chi connectivity index (χ3v) is 2.28. The van der Waals surface area contributed by atoms with E-state index in [-0.39, 0.29) is 6.61 Å². The molecule has 17 heavy (non-hydrogen) atoms. The predicted molar refractivity (Wildman–Crippen MR) is 66.4 cm³/mol. The number of rotatable bonds is 7. The first-order chi connectivity index (χ1) is 8.17. The topological polar surface area (TPSA) is 30.5 Å². The third kappa shape index (κ3) is 4.61. The van der Waals surface area contributed by atoms with Crippen LogP contribution in [0.15, 0.2) is 18.2 Å². The first kappa shape index (κ1) is 13.8. The molecule has 0 fully saturated rings. The molecular formula is C13H20FNO2. The van der Waals surface area contributed by atoms with Gasteiger partial charge in [0.15, 0.2) is 11.5 Å². The van der Waals surface area contributed by atoms with Crippen molar-refractivity contribution in [2.75, 3.05) is 20.4 Å². The zero-order chi connectivity index (χ0) is 12.7. The molecule has 0 bridgehead atoms. The molecule has 0 saturated carbocycles. The highest BCUT2D eigenvalue weighted by atomic mass is 19.1. The highest BCUT2D eigenvalue weighted by molar-refractivity contribution is 5.42.